The number of thiazole rings is 1. The van der Waals surface area contributed by atoms with Crippen LogP contribution in [0.2, 0.25) is 0 Å². The number of sulfonamides is 1. The lowest BCUT2D eigenvalue weighted by Crippen LogP contribution is -2.35. The van der Waals surface area contributed by atoms with Crippen LogP contribution in [-0.4, -0.2) is 30.1 Å². The summed E-state index contributed by atoms with van der Waals surface area (Å²) in [6.07, 6.45) is 3.87. The molecular formula is C12H16N4O2S2. The van der Waals surface area contributed by atoms with Gasteiger partial charge in [-0.25, -0.2) is 17.7 Å². The molecule has 8 heteroatoms. The van der Waals surface area contributed by atoms with E-state index in [1.54, 1.807) is 0 Å². The molecular weight excluding hydrogens is 296 g/mol. The third kappa shape index (κ3) is 2.03. The van der Waals surface area contributed by atoms with Crippen LogP contribution in [0.1, 0.15) is 29.6 Å². The Morgan fingerprint density at radius 2 is 2.30 bits per heavy atom. The normalized spacial score (nSPS) is 15.4. The predicted octanol–water partition coefficient (Wildman–Crippen LogP) is 1.88. The monoisotopic (exact) mass is 312 g/mol. The van der Waals surface area contributed by atoms with Gasteiger partial charge < -0.3 is 0 Å². The number of aromatic nitrogens is 3. The summed E-state index contributed by atoms with van der Waals surface area (Å²) in [4.78, 5) is 4.14. The SMILES string of the molecule is CCc1ncc(S(=O)(=O)N2CCCc3c2n[nH]c3C)s1. The van der Waals surface area contributed by atoms with Crippen molar-refractivity contribution in [2.24, 2.45) is 0 Å². The Hall–Kier alpha value is -1.41. The van der Waals surface area contributed by atoms with Gasteiger partial charge in [0, 0.05) is 17.8 Å². The van der Waals surface area contributed by atoms with Crippen molar-refractivity contribution in [3.05, 3.63) is 22.5 Å². The molecule has 0 aliphatic carbocycles. The van der Waals surface area contributed by atoms with Gasteiger partial charge in [0.1, 0.15) is 0 Å². The molecule has 2 aromatic heterocycles. The van der Waals surface area contributed by atoms with Crippen molar-refractivity contribution in [1.82, 2.24) is 15.2 Å². The molecule has 20 heavy (non-hydrogen) atoms. The highest BCUT2D eigenvalue weighted by Gasteiger charge is 2.33. The average Bonchev–Trinajstić information content (AvgIpc) is 3.06. The van der Waals surface area contributed by atoms with Gasteiger partial charge in [0.2, 0.25) is 0 Å². The Bertz CT molecular complexity index is 732. The molecule has 1 N–H and O–H groups in total. The van der Waals surface area contributed by atoms with Gasteiger partial charge in [-0.3, -0.25) is 5.10 Å². The van der Waals surface area contributed by atoms with Gasteiger partial charge in [-0.1, -0.05) is 6.92 Å². The minimum atomic E-state index is -3.54. The summed E-state index contributed by atoms with van der Waals surface area (Å²) in [5.74, 6) is 0.542. The fraction of sp³-hybridized carbons (Fsp3) is 0.500. The largest absolute Gasteiger partial charge is 0.280 e. The van der Waals surface area contributed by atoms with Crippen molar-refractivity contribution in [2.75, 3.05) is 10.8 Å². The molecule has 0 radical (unpaired) electrons. The Kier molecular flexibility index (Phi) is 3.29. The van der Waals surface area contributed by atoms with E-state index in [-0.39, 0.29) is 0 Å². The molecule has 0 amide bonds. The number of nitrogens with one attached hydrogen (secondary N) is 1. The highest BCUT2D eigenvalue weighted by atomic mass is 32.2. The number of nitrogens with zero attached hydrogens (tertiary/aromatic N) is 3. The van der Waals surface area contributed by atoms with Crippen LogP contribution < -0.4 is 4.31 Å². The molecule has 2 aromatic rings. The second-order valence-electron chi connectivity index (χ2n) is 4.76. The first-order valence-electron chi connectivity index (χ1n) is 6.55. The van der Waals surface area contributed by atoms with Crippen molar-refractivity contribution in [3.63, 3.8) is 0 Å². The third-order valence-electron chi connectivity index (χ3n) is 3.46. The van der Waals surface area contributed by atoms with Crippen molar-refractivity contribution in [1.29, 1.82) is 0 Å². The molecule has 0 spiro atoms. The van der Waals surface area contributed by atoms with E-state index in [0.717, 1.165) is 35.5 Å². The maximum atomic E-state index is 12.7. The van der Waals surface area contributed by atoms with Gasteiger partial charge in [0.25, 0.3) is 10.0 Å². The summed E-state index contributed by atoms with van der Waals surface area (Å²) in [6.45, 7) is 4.36. The molecule has 3 heterocycles. The number of fused-ring (bicyclic) bond motifs is 1. The van der Waals surface area contributed by atoms with Crippen molar-refractivity contribution in [2.45, 2.75) is 37.3 Å². The second-order valence-corrected chi connectivity index (χ2v) is 7.96. The number of aromatic amines is 1. The fourth-order valence-electron chi connectivity index (χ4n) is 2.37. The zero-order chi connectivity index (χ0) is 14.3. The molecule has 6 nitrogen and oxygen atoms in total. The van der Waals surface area contributed by atoms with Gasteiger partial charge in [-0.05, 0) is 26.2 Å². The summed E-state index contributed by atoms with van der Waals surface area (Å²) < 4.78 is 27.2. The standard InChI is InChI=1S/C12H16N4O2S2/c1-3-10-13-7-11(19-10)20(17,18)16-6-4-5-9-8(2)14-15-12(9)16/h7H,3-6H2,1-2H3,(H,14,15). The van der Waals surface area contributed by atoms with E-state index in [2.05, 4.69) is 15.2 Å². The first-order chi connectivity index (χ1) is 9.54. The minimum Gasteiger partial charge on any atom is -0.280 e. The van der Waals surface area contributed by atoms with Crippen LogP contribution in [0, 0.1) is 6.92 Å². The van der Waals surface area contributed by atoms with E-state index in [1.807, 2.05) is 13.8 Å². The smallest absolute Gasteiger partial charge is 0.276 e. The van der Waals surface area contributed by atoms with Gasteiger partial charge in [-0.2, -0.15) is 5.10 Å². The predicted molar refractivity (Wildman–Crippen MR) is 77.7 cm³/mol. The van der Waals surface area contributed by atoms with Crippen LogP contribution in [0.4, 0.5) is 5.82 Å². The van der Waals surface area contributed by atoms with Gasteiger partial charge in [0.15, 0.2) is 10.0 Å². The maximum absolute atomic E-state index is 12.7. The summed E-state index contributed by atoms with van der Waals surface area (Å²) >= 11 is 1.24. The van der Waals surface area contributed by atoms with E-state index in [0.29, 0.717) is 16.6 Å². The minimum absolute atomic E-state index is 0.294. The lowest BCUT2D eigenvalue weighted by Gasteiger charge is -2.26. The molecule has 3 rings (SSSR count). The van der Waals surface area contributed by atoms with Gasteiger partial charge in [0.05, 0.1) is 11.2 Å². The highest BCUT2D eigenvalue weighted by Crippen LogP contribution is 2.33. The Morgan fingerprint density at radius 3 is 3.00 bits per heavy atom. The van der Waals surface area contributed by atoms with Crippen molar-refractivity contribution >= 4 is 27.2 Å². The van der Waals surface area contributed by atoms with E-state index in [4.69, 9.17) is 0 Å². The molecule has 1 aliphatic rings. The Balaban J connectivity index is 2.04. The maximum Gasteiger partial charge on any atom is 0.276 e. The van der Waals surface area contributed by atoms with E-state index < -0.39 is 10.0 Å². The molecule has 0 unspecified atom stereocenters. The summed E-state index contributed by atoms with van der Waals surface area (Å²) in [5, 5.41) is 7.88. The van der Waals surface area contributed by atoms with Crippen molar-refractivity contribution in [3.8, 4) is 0 Å². The Morgan fingerprint density at radius 1 is 1.50 bits per heavy atom. The third-order valence-corrected chi connectivity index (χ3v) is 6.82. The summed E-state index contributed by atoms with van der Waals surface area (Å²) in [7, 11) is -3.54. The second kappa shape index (κ2) is 4.85. The molecule has 0 saturated carbocycles. The molecule has 0 aromatic carbocycles. The number of anilines is 1. The van der Waals surface area contributed by atoms with Crippen LogP contribution in [0.3, 0.4) is 0 Å². The van der Waals surface area contributed by atoms with E-state index >= 15 is 0 Å². The highest BCUT2D eigenvalue weighted by molar-refractivity contribution is 7.94. The van der Waals surface area contributed by atoms with E-state index in [1.165, 1.54) is 21.8 Å². The zero-order valence-corrected chi connectivity index (χ0v) is 13.0. The number of aryl methyl sites for hydroxylation is 2. The summed E-state index contributed by atoms with van der Waals surface area (Å²) in [6, 6.07) is 0. The van der Waals surface area contributed by atoms with Crippen LogP contribution >= 0.6 is 11.3 Å². The summed E-state index contributed by atoms with van der Waals surface area (Å²) in [5.41, 5.74) is 1.94. The molecule has 0 saturated heterocycles. The molecule has 0 fully saturated rings. The lowest BCUT2D eigenvalue weighted by atomic mass is 10.1. The molecule has 1 aliphatic heterocycles. The fourth-order valence-corrected chi connectivity index (χ4v) is 5.09. The number of rotatable bonds is 3. The molecule has 0 bridgehead atoms. The number of hydrogen-bond donors (Lipinski definition) is 1. The molecule has 0 atom stereocenters. The zero-order valence-electron chi connectivity index (χ0n) is 11.4. The topological polar surface area (TPSA) is 79.0 Å². The first-order valence-corrected chi connectivity index (χ1v) is 8.81. The van der Waals surface area contributed by atoms with Crippen LogP contribution in [0.5, 0.6) is 0 Å². The average molecular weight is 312 g/mol. The van der Waals surface area contributed by atoms with Crippen LogP contribution in [0.25, 0.3) is 0 Å². The van der Waals surface area contributed by atoms with Gasteiger partial charge in [-0.15, -0.1) is 11.3 Å². The number of hydrogen-bond acceptors (Lipinski definition) is 5. The van der Waals surface area contributed by atoms with Crippen LogP contribution in [0.15, 0.2) is 10.4 Å². The quantitative estimate of drug-likeness (QED) is 0.938. The lowest BCUT2D eigenvalue weighted by molar-refractivity contribution is 0.587. The molecule has 108 valence electrons. The first kappa shape index (κ1) is 13.6. The number of H-pyrrole nitrogens is 1. The van der Waals surface area contributed by atoms with Crippen molar-refractivity contribution < 1.29 is 8.42 Å². The van der Waals surface area contributed by atoms with Gasteiger partial charge >= 0.3 is 0 Å². The Labute approximate surface area is 121 Å². The van der Waals surface area contributed by atoms with Crippen LogP contribution in [-0.2, 0) is 22.9 Å². The van der Waals surface area contributed by atoms with E-state index in [9.17, 15) is 8.42 Å².